The quantitative estimate of drug-likeness (QED) is 0.735. The third kappa shape index (κ3) is 6.83. The minimum absolute atomic E-state index is 0.0340. The van der Waals surface area contributed by atoms with Gasteiger partial charge in [0.25, 0.3) is 0 Å². The summed E-state index contributed by atoms with van der Waals surface area (Å²) in [6.07, 6.45) is -4.40. The lowest BCUT2D eigenvalue weighted by Gasteiger charge is -2.17. The predicted molar refractivity (Wildman–Crippen MR) is 42.3 cm³/mol. The maximum absolute atomic E-state index is 11.6. The number of ether oxygens (including phenoxy) is 1. The fraction of sp³-hybridized carbons (Fsp3) is 1.00. The molecule has 0 rings (SSSR count). The SMILES string of the molecule is CCC(C)C(O)COCC(F)(F)F. The molecule has 5 heteroatoms. The highest BCUT2D eigenvalue weighted by Crippen LogP contribution is 2.15. The van der Waals surface area contributed by atoms with Gasteiger partial charge >= 0.3 is 6.18 Å². The largest absolute Gasteiger partial charge is 0.411 e. The van der Waals surface area contributed by atoms with Crippen LogP contribution in [0.5, 0.6) is 0 Å². The van der Waals surface area contributed by atoms with E-state index in [4.69, 9.17) is 0 Å². The third-order valence-electron chi connectivity index (χ3n) is 1.86. The van der Waals surface area contributed by atoms with Gasteiger partial charge in [0.05, 0.1) is 12.7 Å². The number of rotatable bonds is 5. The molecule has 2 nitrogen and oxygen atoms in total. The average molecular weight is 200 g/mol. The Morgan fingerprint density at radius 2 is 1.92 bits per heavy atom. The Balaban J connectivity index is 3.53. The maximum atomic E-state index is 11.6. The van der Waals surface area contributed by atoms with E-state index < -0.39 is 18.9 Å². The van der Waals surface area contributed by atoms with Crippen molar-refractivity contribution in [2.75, 3.05) is 13.2 Å². The van der Waals surface area contributed by atoms with Crippen molar-refractivity contribution in [2.45, 2.75) is 32.5 Å². The van der Waals surface area contributed by atoms with Crippen LogP contribution < -0.4 is 0 Å². The summed E-state index contributed by atoms with van der Waals surface area (Å²) < 4.78 is 39.1. The molecule has 0 saturated carbocycles. The van der Waals surface area contributed by atoms with Crippen LogP contribution in [0.15, 0.2) is 0 Å². The molecule has 0 spiro atoms. The fourth-order valence-corrected chi connectivity index (χ4v) is 0.732. The average Bonchev–Trinajstić information content (AvgIpc) is 2.00. The molecule has 0 fully saturated rings. The molecule has 2 atom stereocenters. The summed E-state index contributed by atoms with van der Waals surface area (Å²) in [5.74, 6) is -0.0340. The van der Waals surface area contributed by atoms with Crippen LogP contribution in [-0.4, -0.2) is 30.6 Å². The summed E-state index contributed by atoms with van der Waals surface area (Å²) in [5.41, 5.74) is 0. The van der Waals surface area contributed by atoms with Gasteiger partial charge in [-0.1, -0.05) is 20.3 Å². The normalized spacial score (nSPS) is 17.1. The first-order valence-electron chi connectivity index (χ1n) is 4.19. The monoisotopic (exact) mass is 200 g/mol. The van der Waals surface area contributed by atoms with Gasteiger partial charge in [-0.05, 0) is 5.92 Å². The van der Waals surface area contributed by atoms with Crippen LogP contribution >= 0.6 is 0 Å². The van der Waals surface area contributed by atoms with Crippen molar-refractivity contribution in [2.24, 2.45) is 5.92 Å². The molecule has 0 amide bonds. The summed E-state index contributed by atoms with van der Waals surface area (Å²) in [5, 5.41) is 9.22. The van der Waals surface area contributed by atoms with Crippen LogP contribution in [0.3, 0.4) is 0 Å². The molecule has 0 aromatic carbocycles. The fourth-order valence-electron chi connectivity index (χ4n) is 0.732. The number of halogens is 3. The Morgan fingerprint density at radius 1 is 1.38 bits per heavy atom. The van der Waals surface area contributed by atoms with E-state index in [9.17, 15) is 18.3 Å². The Bertz CT molecular complexity index is 136. The number of hydrogen-bond acceptors (Lipinski definition) is 2. The second-order valence-corrected chi connectivity index (χ2v) is 3.08. The Hall–Kier alpha value is -0.290. The highest BCUT2D eigenvalue weighted by Gasteiger charge is 2.28. The number of aliphatic hydroxyl groups excluding tert-OH is 1. The second kappa shape index (κ2) is 5.44. The van der Waals surface area contributed by atoms with Gasteiger partial charge in [-0.3, -0.25) is 0 Å². The van der Waals surface area contributed by atoms with Gasteiger partial charge in [-0.15, -0.1) is 0 Å². The van der Waals surface area contributed by atoms with Crippen LogP contribution in [0.4, 0.5) is 13.2 Å². The van der Waals surface area contributed by atoms with Crippen molar-refractivity contribution in [1.29, 1.82) is 0 Å². The topological polar surface area (TPSA) is 29.5 Å². The van der Waals surface area contributed by atoms with Crippen LogP contribution in [0, 0.1) is 5.92 Å². The molecular weight excluding hydrogens is 185 g/mol. The first kappa shape index (κ1) is 12.7. The van der Waals surface area contributed by atoms with E-state index in [0.29, 0.717) is 0 Å². The van der Waals surface area contributed by atoms with Crippen molar-refractivity contribution >= 4 is 0 Å². The van der Waals surface area contributed by atoms with Gasteiger partial charge in [0, 0.05) is 0 Å². The zero-order chi connectivity index (χ0) is 10.5. The van der Waals surface area contributed by atoms with Crippen molar-refractivity contribution in [3.63, 3.8) is 0 Å². The lowest BCUT2D eigenvalue weighted by atomic mass is 10.0. The summed E-state index contributed by atoms with van der Waals surface area (Å²) in [6.45, 7) is 2.08. The molecule has 0 aliphatic rings. The molecule has 0 aliphatic heterocycles. The van der Waals surface area contributed by atoms with E-state index in [1.165, 1.54) is 0 Å². The van der Waals surface area contributed by atoms with Gasteiger partial charge in [0.1, 0.15) is 6.61 Å². The Kier molecular flexibility index (Phi) is 5.32. The van der Waals surface area contributed by atoms with Gasteiger partial charge in [0.15, 0.2) is 0 Å². The zero-order valence-corrected chi connectivity index (χ0v) is 7.77. The first-order chi connectivity index (χ1) is 5.87. The number of aliphatic hydroxyl groups is 1. The molecular formula is C8H15F3O2. The summed E-state index contributed by atoms with van der Waals surface area (Å²) in [7, 11) is 0. The molecule has 2 unspecified atom stereocenters. The van der Waals surface area contributed by atoms with Gasteiger partial charge in [-0.2, -0.15) is 13.2 Å². The minimum atomic E-state index is -4.31. The van der Waals surface area contributed by atoms with Gasteiger partial charge in [-0.25, -0.2) is 0 Å². The molecule has 0 saturated heterocycles. The van der Waals surface area contributed by atoms with E-state index in [-0.39, 0.29) is 12.5 Å². The van der Waals surface area contributed by atoms with Crippen molar-refractivity contribution < 1.29 is 23.0 Å². The molecule has 0 bridgehead atoms. The summed E-state index contributed by atoms with van der Waals surface area (Å²) in [6, 6.07) is 0. The summed E-state index contributed by atoms with van der Waals surface area (Å²) >= 11 is 0. The molecule has 1 N–H and O–H groups in total. The van der Waals surface area contributed by atoms with Crippen molar-refractivity contribution in [3.05, 3.63) is 0 Å². The molecule has 80 valence electrons. The zero-order valence-electron chi connectivity index (χ0n) is 7.77. The minimum Gasteiger partial charge on any atom is -0.390 e. The van der Waals surface area contributed by atoms with Gasteiger partial charge in [0.2, 0.25) is 0 Å². The standard InChI is InChI=1S/C8H15F3O2/c1-3-6(2)7(12)4-13-5-8(9,10)11/h6-7,12H,3-5H2,1-2H3. The van der Waals surface area contributed by atoms with E-state index >= 15 is 0 Å². The molecule has 0 radical (unpaired) electrons. The molecule has 0 heterocycles. The van der Waals surface area contributed by atoms with E-state index in [0.717, 1.165) is 6.42 Å². The van der Waals surface area contributed by atoms with Crippen LogP contribution in [0.1, 0.15) is 20.3 Å². The Labute approximate surface area is 75.7 Å². The lowest BCUT2D eigenvalue weighted by molar-refractivity contribution is -0.180. The molecule has 0 aromatic rings. The molecule has 13 heavy (non-hydrogen) atoms. The van der Waals surface area contributed by atoms with Crippen molar-refractivity contribution in [3.8, 4) is 0 Å². The van der Waals surface area contributed by atoms with Crippen LogP contribution in [0.2, 0.25) is 0 Å². The summed E-state index contributed by atoms with van der Waals surface area (Å²) in [4.78, 5) is 0. The third-order valence-corrected chi connectivity index (χ3v) is 1.86. The second-order valence-electron chi connectivity index (χ2n) is 3.08. The number of alkyl halides is 3. The molecule has 0 aromatic heterocycles. The lowest BCUT2D eigenvalue weighted by Crippen LogP contribution is -2.26. The van der Waals surface area contributed by atoms with E-state index in [1.54, 1.807) is 6.92 Å². The number of hydrogen-bond donors (Lipinski definition) is 1. The maximum Gasteiger partial charge on any atom is 0.411 e. The van der Waals surface area contributed by atoms with Crippen LogP contribution in [-0.2, 0) is 4.74 Å². The van der Waals surface area contributed by atoms with Gasteiger partial charge < -0.3 is 9.84 Å². The van der Waals surface area contributed by atoms with Crippen molar-refractivity contribution in [1.82, 2.24) is 0 Å². The predicted octanol–water partition coefficient (Wildman–Crippen LogP) is 1.97. The highest BCUT2D eigenvalue weighted by atomic mass is 19.4. The van der Waals surface area contributed by atoms with Crippen LogP contribution in [0.25, 0.3) is 0 Å². The highest BCUT2D eigenvalue weighted by molar-refractivity contribution is 4.62. The van der Waals surface area contributed by atoms with E-state index in [1.807, 2.05) is 6.92 Å². The molecule has 0 aliphatic carbocycles. The van der Waals surface area contributed by atoms with E-state index in [2.05, 4.69) is 4.74 Å². The first-order valence-corrected chi connectivity index (χ1v) is 4.19. The Morgan fingerprint density at radius 3 is 2.31 bits per heavy atom. The smallest absolute Gasteiger partial charge is 0.390 e.